The van der Waals surface area contributed by atoms with E-state index in [4.69, 9.17) is 17.3 Å². The van der Waals surface area contributed by atoms with Crippen molar-refractivity contribution in [2.75, 3.05) is 5.73 Å². The maximum atomic E-state index is 6.33. The Hall–Kier alpha value is -2.39. The molecule has 0 fully saturated rings. The smallest absolute Gasteiger partial charge is 0.0505 e. The highest BCUT2D eigenvalue weighted by molar-refractivity contribution is 6.33. The Balaban J connectivity index is 2.05. The van der Waals surface area contributed by atoms with E-state index in [1.54, 1.807) is 6.07 Å². The van der Waals surface area contributed by atoms with Crippen LogP contribution in [0.25, 0.3) is 22.3 Å². The fraction of sp³-hybridized carbons (Fsp3) is 0.200. The van der Waals surface area contributed by atoms with Crippen LogP contribution in [0.15, 0.2) is 55.0 Å². The molecule has 0 aliphatic heterocycles. The molecule has 2 heterocycles. The minimum Gasteiger partial charge on any atom is -0.399 e. The SMILES string of the molecule is CC(C)(C)c1cc(-c2cncc(-c3ccc(N)cc3Cl)c2)ccn1. The van der Waals surface area contributed by atoms with Crippen LogP contribution in [0.2, 0.25) is 5.02 Å². The molecule has 2 aromatic heterocycles. The summed E-state index contributed by atoms with van der Waals surface area (Å²) < 4.78 is 0. The molecule has 0 radical (unpaired) electrons. The Morgan fingerprint density at radius 2 is 1.67 bits per heavy atom. The molecule has 0 saturated heterocycles. The largest absolute Gasteiger partial charge is 0.399 e. The number of pyridine rings is 2. The van der Waals surface area contributed by atoms with Crippen LogP contribution in [-0.4, -0.2) is 9.97 Å². The van der Waals surface area contributed by atoms with Gasteiger partial charge >= 0.3 is 0 Å². The fourth-order valence-corrected chi connectivity index (χ4v) is 2.83. The van der Waals surface area contributed by atoms with E-state index in [0.717, 1.165) is 27.9 Å². The van der Waals surface area contributed by atoms with E-state index >= 15 is 0 Å². The Morgan fingerprint density at radius 1 is 0.917 bits per heavy atom. The van der Waals surface area contributed by atoms with Gasteiger partial charge in [-0.05, 0) is 35.9 Å². The molecule has 0 atom stereocenters. The van der Waals surface area contributed by atoms with Gasteiger partial charge in [0.15, 0.2) is 0 Å². The molecule has 0 amide bonds. The number of halogens is 1. The Bertz CT molecular complexity index is 882. The lowest BCUT2D eigenvalue weighted by molar-refractivity contribution is 0.569. The monoisotopic (exact) mass is 337 g/mol. The van der Waals surface area contributed by atoms with Gasteiger partial charge < -0.3 is 5.73 Å². The summed E-state index contributed by atoms with van der Waals surface area (Å²) in [4.78, 5) is 8.87. The van der Waals surface area contributed by atoms with E-state index < -0.39 is 0 Å². The lowest BCUT2D eigenvalue weighted by Gasteiger charge is -2.18. The maximum Gasteiger partial charge on any atom is 0.0505 e. The van der Waals surface area contributed by atoms with Crippen molar-refractivity contribution in [3.8, 4) is 22.3 Å². The van der Waals surface area contributed by atoms with E-state index in [0.29, 0.717) is 10.7 Å². The molecule has 4 heteroatoms. The Labute approximate surface area is 147 Å². The van der Waals surface area contributed by atoms with Crippen LogP contribution in [-0.2, 0) is 5.41 Å². The molecular weight excluding hydrogens is 318 g/mol. The van der Waals surface area contributed by atoms with Gasteiger partial charge in [-0.1, -0.05) is 38.4 Å². The van der Waals surface area contributed by atoms with Crippen LogP contribution in [0, 0.1) is 0 Å². The number of nitrogen functional groups attached to an aromatic ring is 1. The van der Waals surface area contributed by atoms with Crippen molar-refractivity contribution >= 4 is 17.3 Å². The number of hydrogen-bond donors (Lipinski definition) is 1. The van der Waals surface area contributed by atoms with Crippen molar-refractivity contribution < 1.29 is 0 Å². The standard InChI is InChI=1S/C20H20ClN3/c1-20(2,3)19-9-13(6-7-24-19)14-8-15(12-23-11-14)17-5-4-16(22)10-18(17)21/h4-12H,22H2,1-3H3. The highest BCUT2D eigenvalue weighted by Gasteiger charge is 2.16. The number of hydrogen-bond acceptors (Lipinski definition) is 3. The quantitative estimate of drug-likeness (QED) is 0.642. The van der Waals surface area contributed by atoms with E-state index in [9.17, 15) is 0 Å². The lowest BCUT2D eigenvalue weighted by atomic mass is 9.90. The van der Waals surface area contributed by atoms with E-state index in [1.165, 1.54) is 0 Å². The van der Waals surface area contributed by atoms with Crippen molar-refractivity contribution in [2.45, 2.75) is 26.2 Å². The van der Waals surface area contributed by atoms with Gasteiger partial charge in [0.05, 0.1) is 5.02 Å². The number of nitrogens with zero attached hydrogens (tertiary/aromatic N) is 2. The molecule has 24 heavy (non-hydrogen) atoms. The van der Waals surface area contributed by atoms with Crippen LogP contribution in [0.1, 0.15) is 26.5 Å². The predicted octanol–water partition coefficient (Wildman–Crippen LogP) is 5.34. The normalized spacial score (nSPS) is 11.5. The zero-order valence-electron chi connectivity index (χ0n) is 14.0. The van der Waals surface area contributed by atoms with Gasteiger partial charge in [-0.2, -0.15) is 0 Å². The number of nitrogens with two attached hydrogens (primary N) is 1. The van der Waals surface area contributed by atoms with Crippen molar-refractivity contribution in [3.63, 3.8) is 0 Å². The first-order valence-electron chi connectivity index (χ1n) is 7.82. The molecular formula is C20H20ClN3. The van der Waals surface area contributed by atoms with E-state index in [-0.39, 0.29) is 5.41 Å². The summed E-state index contributed by atoms with van der Waals surface area (Å²) in [5.41, 5.74) is 11.5. The summed E-state index contributed by atoms with van der Waals surface area (Å²) in [6.07, 6.45) is 5.52. The number of anilines is 1. The van der Waals surface area contributed by atoms with E-state index in [2.05, 4.69) is 42.9 Å². The number of aromatic nitrogens is 2. The van der Waals surface area contributed by atoms with Crippen LogP contribution in [0.5, 0.6) is 0 Å². The highest BCUT2D eigenvalue weighted by Crippen LogP contribution is 2.32. The van der Waals surface area contributed by atoms with E-state index in [1.807, 2.05) is 36.8 Å². The second kappa shape index (κ2) is 6.25. The van der Waals surface area contributed by atoms with Gasteiger partial charge in [0, 0.05) is 52.1 Å². The van der Waals surface area contributed by atoms with Crippen molar-refractivity contribution in [2.24, 2.45) is 0 Å². The van der Waals surface area contributed by atoms with Crippen molar-refractivity contribution in [1.29, 1.82) is 0 Å². The third-order valence-electron chi connectivity index (χ3n) is 3.90. The summed E-state index contributed by atoms with van der Waals surface area (Å²) in [7, 11) is 0. The minimum atomic E-state index is 0.00130. The number of benzene rings is 1. The second-order valence-corrected chi connectivity index (χ2v) is 7.29. The van der Waals surface area contributed by atoms with Gasteiger partial charge in [-0.25, -0.2) is 0 Å². The number of rotatable bonds is 2. The molecule has 0 aliphatic carbocycles. The Morgan fingerprint density at radius 3 is 2.38 bits per heavy atom. The van der Waals surface area contributed by atoms with Gasteiger partial charge in [0.1, 0.15) is 0 Å². The molecule has 122 valence electrons. The second-order valence-electron chi connectivity index (χ2n) is 6.88. The first-order chi connectivity index (χ1) is 11.3. The predicted molar refractivity (Wildman–Crippen MR) is 101 cm³/mol. The summed E-state index contributed by atoms with van der Waals surface area (Å²) in [6.45, 7) is 6.46. The minimum absolute atomic E-state index is 0.00130. The first kappa shape index (κ1) is 16.5. The maximum absolute atomic E-state index is 6.33. The highest BCUT2D eigenvalue weighted by atomic mass is 35.5. The first-order valence-corrected chi connectivity index (χ1v) is 8.20. The summed E-state index contributed by atoms with van der Waals surface area (Å²) in [5, 5.41) is 0.624. The molecule has 0 bridgehead atoms. The average Bonchev–Trinajstić information content (AvgIpc) is 2.54. The zero-order valence-corrected chi connectivity index (χ0v) is 14.8. The van der Waals surface area contributed by atoms with Gasteiger partial charge in [0.2, 0.25) is 0 Å². The fourth-order valence-electron chi connectivity index (χ4n) is 2.53. The molecule has 3 nitrogen and oxygen atoms in total. The van der Waals surface area contributed by atoms with Crippen molar-refractivity contribution in [1.82, 2.24) is 9.97 Å². The molecule has 0 unspecified atom stereocenters. The van der Waals surface area contributed by atoms with Gasteiger partial charge in [-0.3, -0.25) is 9.97 Å². The molecule has 1 aromatic carbocycles. The molecule has 0 spiro atoms. The molecule has 2 N–H and O–H groups in total. The Kier molecular flexibility index (Phi) is 4.29. The van der Waals surface area contributed by atoms with Gasteiger partial charge in [-0.15, -0.1) is 0 Å². The third kappa shape index (κ3) is 3.41. The van der Waals surface area contributed by atoms with Crippen LogP contribution < -0.4 is 5.73 Å². The summed E-state index contributed by atoms with van der Waals surface area (Å²) >= 11 is 6.33. The van der Waals surface area contributed by atoms with Crippen LogP contribution in [0.4, 0.5) is 5.69 Å². The zero-order chi connectivity index (χ0) is 17.3. The molecule has 0 aliphatic rings. The molecule has 0 saturated carbocycles. The van der Waals surface area contributed by atoms with Crippen molar-refractivity contribution in [3.05, 3.63) is 65.7 Å². The summed E-state index contributed by atoms with van der Waals surface area (Å²) in [5.74, 6) is 0. The van der Waals surface area contributed by atoms with Crippen LogP contribution >= 0.6 is 11.6 Å². The molecule has 3 rings (SSSR count). The van der Waals surface area contributed by atoms with Crippen LogP contribution in [0.3, 0.4) is 0 Å². The average molecular weight is 338 g/mol. The lowest BCUT2D eigenvalue weighted by Crippen LogP contribution is -2.13. The third-order valence-corrected chi connectivity index (χ3v) is 4.22. The van der Waals surface area contributed by atoms with Gasteiger partial charge in [0.25, 0.3) is 0 Å². The topological polar surface area (TPSA) is 51.8 Å². The summed E-state index contributed by atoms with van der Waals surface area (Å²) in [6, 6.07) is 11.7. The molecule has 3 aromatic rings.